The summed E-state index contributed by atoms with van der Waals surface area (Å²) in [6.07, 6.45) is 0.858. The van der Waals surface area contributed by atoms with Gasteiger partial charge < -0.3 is 0 Å². The van der Waals surface area contributed by atoms with Gasteiger partial charge in [-0.1, -0.05) is 18.2 Å². The number of carbonyl (C=O) groups is 1. The second kappa shape index (κ2) is 4.50. The van der Waals surface area contributed by atoms with Crippen LogP contribution in [0.1, 0.15) is 21.5 Å². The predicted octanol–water partition coefficient (Wildman–Crippen LogP) is 3.92. The molecule has 0 aliphatic heterocycles. The van der Waals surface area contributed by atoms with Gasteiger partial charge in [-0.15, -0.1) is 0 Å². The molecule has 0 aromatic heterocycles. The fraction of sp³-hybridized carbons (Fsp3) is 0.133. The number of hydrogen-bond acceptors (Lipinski definition) is 1. The third kappa shape index (κ3) is 2.26. The molecule has 0 bridgehead atoms. The average molecular weight is 228 g/mol. The van der Waals surface area contributed by atoms with E-state index in [0.29, 0.717) is 5.56 Å². The number of aryl methyl sites for hydroxylation is 2. The van der Waals surface area contributed by atoms with Gasteiger partial charge in [0.25, 0.3) is 0 Å². The van der Waals surface area contributed by atoms with Crippen LogP contribution in [0.3, 0.4) is 0 Å². The summed E-state index contributed by atoms with van der Waals surface area (Å²) in [5, 5.41) is 0. The topological polar surface area (TPSA) is 17.1 Å². The lowest BCUT2D eigenvalue weighted by Crippen LogP contribution is -1.91. The number of aldehydes is 1. The van der Waals surface area contributed by atoms with Gasteiger partial charge in [-0.05, 0) is 54.3 Å². The number of carbonyl (C=O) groups excluding carboxylic acids is 1. The van der Waals surface area contributed by atoms with E-state index < -0.39 is 0 Å². The lowest BCUT2D eigenvalue weighted by molar-refractivity contribution is 0.112. The average Bonchev–Trinajstić information content (AvgIpc) is 2.33. The zero-order valence-electron chi connectivity index (χ0n) is 9.83. The minimum Gasteiger partial charge on any atom is -0.298 e. The van der Waals surface area contributed by atoms with Crippen LogP contribution in [0.2, 0.25) is 0 Å². The first-order valence-electron chi connectivity index (χ1n) is 5.44. The summed E-state index contributed by atoms with van der Waals surface area (Å²) in [6.45, 7) is 3.85. The second-order valence-electron chi connectivity index (χ2n) is 4.15. The number of hydrogen-bond donors (Lipinski definition) is 0. The van der Waals surface area contributed by atoms with E-state index in [2.05, 4.69) is 0 Å². The smallest absolute Gasteiger partial charge is 0.150 e. The van der Waals surface area contributed by atoms with E-state index in [1.807, 2.05) is 26.0 Å². The highest BCUT2D eigenvalue weighted by atomic mass is 19.1. The molecule has 0 saturated carbocycles. The van der Waals surface area contributed by atoms with Gasteiger partial charge in [-0.2, -0.15) is 0 Å². The Kier molecular flexibility index (Phi) is 3.05. The van der Waals surface area contributed by atoms with Crippen molar-refractivity contribution >= 4 is 6.29 Å². The Morgan fingerprint density at radius 1 is 1.00 bits per heavy atom. The van der Waals surface area contributed by atoms with Crippen LogP contribution in [0.15, 0.2) is 36.4 Å². The Balaban J connectivity index is 2.56. The van der Waals surface area contributed by atoms with Crippen LogP contribution in [0.25, 0.3) is 11.1 Å². The number of benzene rings is 2. The molecular formula is C15H13FO. The van der Waals surface area contributed by atoms with Crippen molar-refractivity contribution in [1.29, 1.82) is 0 Å². The number of halogens is 1. The molecule has 2 aromatic rings. The number of rotatable bonds is 2. The van der Waals surface area contributed by atoms with Crippen molar-refractivity contribution in [2.75, 3.05) is 0 Å². The largest absolute Gasteiger partial charge is 0.298 e. The van der Waals surface area contributed by atoms with Crippen molar-refractivity contribution in [3.63, 3.8) is 0 Å². The Morgan fingerprint density at radius 3 is 2.24 bits per heavy atom. The zero-order chi connectivity index (χ0) is 12.4. The van der Waals surface area contributed by atoms with Crippen LogP contribution >= 0.6 is 0 Å². The highest BCUT2D eigenvalue weighted by molar-refractivity contribution is 5.81. The van der Waals surface area contributed by atoms with E-state index in [1.54, 1.807) is 12.1 Å². The first-order valence-corrected chi connectivity index (χ1v) is 5.44. The van der Waals surface area contributed by atoms with E-state index in [-0.39, 0.29) is 5.82 Å². The molecule has 0 N–H and O–H groups in total. The van der Waals surface area contributed by atoms with E-state index in [4.69, 9.17) is 0 Å². The second-order valence-corrected chi connectivity index (χ2v) is 4.15. The third-order valence-corrected chi connectivity index (χ3v) is 2.90. The minimum absolute atomic E-state index is 0.243. The van der Waals surface area contributed by atoms with Gasteiger partial charge in [0.05, 0.1) is 0 Å². The normalized spacial score (nSPS) is 10.3. The van der Waals surface area contributed by atoms with Gasteiger partial charge in [-0.25, -0.2) is 4.39 Å². The molecule has 17 heavy (non-hydrogen) atoms. The fourth-order valence-electron chi connectivity index (χ4n) is 1.91. The van der Waals surface area contributed by atoms with Crippen molar-refractivity contribution in [2.45, 2.75) is 13.8 Å². The van der Waals surface area contributed by atoms with Gasteiger partial charge in [0.1, 0.15) is 12.1 Å². The molecule has 0 radical (unpaired) electrons. The van der Waals surface area contributed by atoms with Crippen LogP contribution in [-0.4, -0.2) is 6.29 Å². The summed E-state index contributed by atoms with van der Waals surface area (Å²) >= 11 is 0. The highest BCUT2D eigenvalue weighted by Gasteiger charge is 2.06. The van der Waals surface area contributed by atoms with Crippen LogP contribution < -0.4 is 0 Å². The standard InChI is InChI=1S/C15H13FO/c1-10-8-15(11(2)7-13(10)9-17)12-3-5-14(16)6-4-12/h3-9H,1-2H3. The summed E-state index contributed by atoms with van der Waals surface area (Å²) in [4.78, 5) is 10.8. The maximum absolute atomic E-state index is 12.9. The molecule has 2 heteroatoms. The van der Waals surface area contributed by atoms with E-state index in [1.165, 1.54) is 12.1 Å². The summed E-state index contributed by atoms with van der Waals surface area (Å²) in [5.74, 6) is -0.243. The van der Waals surface area contributed by atoms with Crippen LogP contribution in [-0.2, 0) is 0 Å². The molecule has 0 fully saturated rings. The predicted molar refractivity (Wildman–Crippen MR) is 66.7 cm³/mol. The van der Waals surface area contributed by atoms with Gasteiger partial charge in [0.2, 0.25) is 0 Å². The summed E-state index contributed by atoms with van der Waals surface area (Å²) in [6, 6.07) is 10.2. The molecular weight excluding hydrogens is 215 g/mol. The fourth-order valence-corrected chi connectivity index (χ4v) is 1.91. The molecule has 86 valence electrons. The van der Waals surface area contributed by atoms with Crippen molar-refractivity contribution in [2.24, 2.45) is 0 Å². The lowest BCUT2D eigenvalue weighted by Gasteiger charge is -2.09. The molecule has 0 spiro atoms. The Labute approximate surface area is 99.9 Å². The first-order chi connectivity index (χ1) is 8.11. The van der Waals surface area contributed by atoms with Crippen molar-refractivity contribution < 1.29 is 9.18 Å². The molecule has 2 aromatic carbocycles. The molecule has 0 aliphatic carbocycles. The molecule has 0 saturated heterocycles. The van der Waals surface area contributed by atoms with Crippen LogP contribution in [0, 0.1) is 19.7 Å². The lowest BCUT2D eigenvalue weighted by atomic mass is 9.95. The molecule has 0 heterocycles. The Hall–Kier alpha value is -1.96. The minimum atomic E-state index is -0.243. The maximum atomic E-state index is 12.9. The van der Waals surface area contributed by atoms with E-state index >= 15 is 0 Å². The Bertz CT molecular complexity index is 556. The Morgan fingerprint density at radius 2 is 1.65 bits per heavy atom. The van der Waals surface area contributed by atoms with Gasteiger partial charge >= 0.3 is 0 Å². The van der Waals surface area contributed by atoms with E-state index in [9.17, 15) is 9.18 Å². The SMILES string of the molecule is Cc1cc(-c2ccc(F)cc2)c(C)cc1C=O. The molecule has 0 unspecified atom stereocenters. The van der Waals surface area contributed by atoms with Gasteiger partial charge in [-0.3, -0.25) is 4.79 Å². The first kappa shape index (κ1) is 11.5. The zero-order valence-corrected chi connectivity index (χ0v) is 9.83. The van der Waals surface area contributed by atoms with Crippen molar-refractivity contribution in [3.8, 4) is 11.1 Å². The van der Waals surface area contributed by atoms with Gasteiger partial charge in [0, 0.05) is 5.56 Å². The molecule has 0 atom stereocenters. The van der Waals surface area contributed by atoms with E-state index in [0.717, 1.165) is 28.5 Å². The third-order valence-electron chi connectivity index (χ3n) is 2.90. The van der Waals surface area contributed by atoms with Crippen molar-refractivity contribution in [1.82, 2.24) is 0 Å². The molecule has 0 aliphatic rings. The maximum Gasteiger partial charge on any atom is 0.150 e. The monoisotopic (exact) mass is 228 g/mol. The quantitative estimate of drug-likeness (QED) is 0.712. The molecule has 2 rings (SSSR count). The van der Waals surface area contributed by atoms with Crippen LogP contribution in [0.5, 0.6) is 0 Å². The highest BCUT2D eigenvalue weighted by Crippen LogP contribution is 2.26. The summed E-state index contributed by atoms with van der Waals surface area (Å²) in [5.41, 5.74) is 4.65. The molecule has 1 nitrogen and oxygen atoms in total. The van der Waals surface area contributed by atoms with Crippen molar-refractivity contribution in [3.05, 3.63) is 58.9 Å². The van der Waals surface area contributed by atoms with Crippen LogP contribution in [0.4, 0.5) is 4.39 Å². The molecule has 0 amide bonds. The summed E-state index contributed by atoms with van der Waals surface area (Å²) < 4.78 is 12.9. The van der Waals surface area contributed by atoms with Gasteiger partial charge in [0.15, 0.2) is 0 Å². The summed E-state index contributed by atoms with van der Waals surface area (Å²) in [7, 11) is 0.